The van der Waals surface area contributed by atoms with Crippen molar-refractivity contribution in [2.24, 2.45) is 23.2 Å². The Morgan fingerprint density at radius 3 is 2.28 bits per heavy atom. The monoisotopic (exact) mass is 620 g/mol. The van der Waals surface area contributed by atoms with Gasteiger partial charge in [0.05, 0.1) is 6.04 Å². The lowest BCUT2D eigenvalue weighted by Crippen LogP contribution is -2.61. The van der Waals surface area contributed by atoms with Crippen LogP contribution in [0.25, 0.3) is 0 Å². The van der Waals surface area contributed by atoms with Crippen LogP contribution in [0.2, 0.25) is 0 Å². The van der Waals surface area contributed by atoms with E-state index >= 15 is 0 Å². The average Bonchev–Trinajstić information content (AvgIpc) is 3.43. The fraction of sp³-hybridized carbons (Fsp3) is 0.774. The summed E-state index contributed by atoms with van der Waals surface area (Å²) in [5.41, 5.74) is -0.632. The Morgan fingerprint density at radius 2 is 1.72 bits per heavy atom. The van der Waals surface area contributed by atoms with Gasteiger partial charge in [0.1, 0.15) is 12.1 Å². The number of carbonyl (C=O) groups is 5. The van der Waals surface area contributed by atoms with Crippen molar-refractivity contribution in [2.45, 2.75) is 97.8 Å². The first-order chi connectivity index (χ1) is 20.2. The van der Waals surface area contributed by atoms with E-state index in [-0.39, 0.29) is 36.2 Å². The molecule has 0 spiro atoms. The third-order valence-electron chi connectivity index (χ3n) is 8.52. The van der Waals surface area contributed by atoms with Crippen LogP contribution in [0.15, 0.2) is 12.7 Å². The van der Waals surface area contributed by atoms with Crippen LogP contribution in [0.3, 0.4) is 0 Å². The van der Waals surface area contributed by atoms with Crippen LogP contribution in [0.5, 0.6) is 0 Å². The molecule has 3 aliphatic rings. The molecule has 11 nitrogen and oxygen atoms in total. The molecule has 4 N–H and O–H groups in total. The Morgan fingerprint density at radius 1 is 1.02 bits per heavy atom. The maximum Gasteiger partial charge on any atom is 0.315 e. The summed E-state index contributed by atoms with van der Waals surface area (Å²) in [4.78, 5) is 68.0. The number of ketones is 1. The molecule has 242 valence electrons. The predicted molar refractivity (Wildman–Crippen MR) is 169 cm³/mol. The predicted octanol–water partition coefficient (Wildman–Crippen LogP) is 2.47. The molecule has 2 heterocycles. The number of nitrogens with one attached hydrogen (secondary N) is 4. The summed E-state index contributed by atoms with van der Waals surface area (Å²) in [7, 11) is 0. The molecule has 1 aliphatic carbocycles. The Bertz CT molecular complexity index is 1040. The van der Waals surface area contributed by atoms with E-state index < -0.39 is 47.2 Å². The molecule has 2 aliphatic heterocycles. The fourth-order valence-corrected chi connectivity index (χ4v) is 6.66. The maximum absolute atomic E-state index is 14.1. The highest BCUT2D eigenvalue weighted by Gasteiger charge is 2.46. The molecule has 0 aromatic heterocycles. The molecular weight excluding hydrogens is 568 g/mol. The molecule has 5 unspecified atom stereocenters. The summed E-state index contributed by atoms with van der Waals surface area (Å²) in [5.74, 6) is -0.828. The number of rotatable bonds is 14. The van der Waals surface area contributed by atoms with Gasteiger partial charge in [-0.25, -0.2) is 9.10 Å². The quantitative estimate of drug-likeness (QED) is 0.133. The topological polar surface area (TPSA) is 140 Å². The van der Waals surface area contributed by atoms with Gasteiger partial charge < -0.3 is 26.2 Å². The summed E-state index contributed by atoms with van der Waals surface area (Å²) in [6.07, 6.45) is 5.52. The molecule has 1 saturated carbocycles. The minimum atomic E-state index is -0.960. The zero-order valence-corrected chi connectivity index (χ0v) is 27.6. The summed E-state index contributed by atoms with van der Waals surface area (Å²) in [6, 6.07) is -3.15. The standard InChI is InChI=1S/C31H52N6O5S/c1-8-13-32-28(40)25(38)22(17-21-10-11-21)33-27(39)24-20(4)12-15-37(24)29(41)26(31(5,6)7)35-30(42)34-23(19(2)3)18-36-14-9-16-43-36/h8,19-24,26H,1,9-18H2,2-7H3,(H,32,40)(H,33,39)(H2,34,35,42). The first kappa shape index (κ1) is 34.9. The van der Waals surface area contributed by atoms with E-state index in [9.17, 15) is 24.0 Å². The Hall–Kier alpha value is -2.60. The van der Waals surface area contributed by atoms with Crippen LogP contribution >= 0.6 is 11.9 Å². The lowest BCUT2D eigenvalue weighted by atomic mass is 9.85. The Labute approximate surface area is 261 Å². The van der Waals surface area contributed by atoms with Crippen LogP contribution in [-0.4, -0.2) is 94.8 Å². The van der Waals surface area contributed by atoms with E-state index in [0.717, 1.165) is 38.1 Å². The number of urea groups is 1. The third kappa shape index (κ3) is 9.96. The number of hydrogen-bond acceptors (Lipinski definition) is 7. The van der Waals surface area contributed by atoms with Crippen molar-refractivity contribution in [1.82, 2.24) is 30.5 Å². The molecule has 43 heavy (non-hydrogen) atoms. The summed E-state index contributed by atoms with van der Waals surface area (Å²) in [5, 5.41) is 11.3. The molecule has 5 atom stereocenters. The van der Waals surface area contributed by atoms with Crippen molar-refractivity contribution in [3.05, 3.63) is 12.7 Å². The van der Waals surface area contributed by atoms with Crippen molar-refractivity contribution in [1.29, 1.82) is 0 Å². The molecule has 0 bridgehead atoms. The molecule has 3 fully saturated rings. The number of Topliss-reactive ketones (excluding diaryl/α,β-unsaturated/α-hetero) is 1. The third-order valence-corrected chi connectivity index (χ3v) is 9.69. The van der Waals surface area contributed by atoms with Gasteiger partial charge in [-0.1, -0.05) is 72.4 Å². The normalized spacial score (nSPS) is 22.9. The van der Waals surface area contributed by atoms with Gasteiger partial charge in [-0.05, 0) is 42.4 Å². The summed E-state index contributed by atoms with van der Waals surface area (Å²) >= 11 is 1.79. The SMILES string of the molecule is C=CCNC(=O)C(=O)C(CC1CC1)NC(=O)C1C(C)CCN1C(=O)C(NC(=O)NC(CN1CCCS1)C(C)C)C(C)(C)C. The summed E-state index contributed by atoms with van der Waals surface area (Å²) in [6.45, 7) is 17.5. The van der Waals surface area contributed by atoms with Crippen LogP contribution < -0.4 is 21.3 Å². The number of likely N-dealkylation sites (tertiary alicyclic amines) is 1. The number of carbonyl (C=O) groups excluding carboxylic acids is 5. The van der Waals surface area contributed by atoms with E-state index in [0.29, 0.717) is 19.4 Å². The van der Waals surface area contributed by atoms with E-state index in [2.05, 4.69) is 46.0 Å². The Kier molecular flexibility index (Phi) is 12.5. The van der Waals surface area contributed by atoms with Crippen LogP contribution in [0.4, 0.5) is 4.79 Å². The van der Waals surface area contributed by atoms with Gasteiger partial charge >= 0.3 is 6.03 Å². The average molecular weight is 621 g/mol. The molecule has 3 rings (SSSR count). The summed E-state index contributed by atoms with van der Waals surface area (Å²) < 4.78 is 2.27. The molecule has 0 radical (unpaired) electrons. The van der Waals surface area contributed by atoms with Crippen LogP contribution in [-0.2, 0) is 19.2 Å². The van der Waals surface area contributed by atoms with Gasteiger partial charge in [0.2, 0.25) is 17.6 Å². The number of nitrogens with zero attached hydrogens (tertiary/aromatic N) is 2. The first-order valence-electron chi connectivity index (χ1n) is 15.7. The van der Waals surface area contributed by atoms with E-state index in [1.807, 2.05) is 27.7 Å². The molecule has 0 aromatic rings. The zero-order valence-electron chi connectivity index (χ0n) is 26.7. The van der Waals surface area contributed by atoms with Crippen molar-refractivity contribution < 1.29 is 24.0 Å². The lowest BCUT2D eigenvalue weighted by Gasteiger charge is -2.37. The largest absolute Gasteiger partial charge is 0.346 e. The highest BCUT2D eigenvalue weighted by atomic mass is 32.2. The Balaban J connectivity index is 1.72. The van der Waals surface area contributed by atoms with Gasteiger partial charge in [-0.15, -0.1) is 6.58 Å². The van der Waals surface area contributed by atoms with Gasteiger partial charge in [-0.3, -0.25) is 19.2 Å². The van der Waals surface area contributed by atoms with Crippen molar-refractivity contribution in [3.8, 4) is 0 Å². The smallest absolute Gasteiger partial charge is 0.315 e. The van der Waals surface area contributed by atoms with Gasteiger partial charge in [-0.2, -0.15) is 0 Å². The molecule has 2 saturated heterocycles. The second-order valence-corrected chi connectivity index (χ2v) is 14.9. The van der Waals surface area contributed by atoms with Crippen LogP contribution in [0.1, 0.15) is 73.6 Å². The lowest BCUT2D eigenvalue weighted by molar-refractivity contribution is -0.144. The fourth-order valence-electron chi connectivity index (χ4n) is 5.62. The minimum Gasteiger partial charge on any atom is -0.346 e. The van der Waals surface area contributed by atoms with Crippen molar-refractivity contribution in [3.63, 3.8) is 0 Å². The second kappa shape index (κ2) is 15.4. The molecule has 0 aromatic carbocycles. The van der Waals surface area contributed by atoms with Crippen molar-refractivity contribution in [2.75, 3.05) is 31.9 Å². The number of amides is 5. The second-order valence-electron chi connectivity index (χ2n) is 13.7. The number of hydrogen-bond donors (Lipinski definition) is 4. The first-order valence-corrected chi connectivity index (χ1v) is 16.7. The maximum atomic E-state index is 14.1. The molecular formula is C31H52N6O5S. The van der Waals surface area contributed by atoms with Gasteiger partial charge in [0.25, 0.3) is 5.91 Å². The van der Waals surface area contributed by atoms with Crippen LogP contribution in [0, 0.1) is 23.2 Å². The van der Waals surface area contributed by atoms with E-state index in [1.165, 1.54) is 11.0 Å². The van der Waals surface area contributed by atoms with E-state index in [1.54, 1.807) is 11.9 Å². The molecule has 12 heteroatoms. The van der Waals surface area contributed by atoms with Gasteiger partial charge in [0, 0.05) is 38.0 Å². The highest BCUT2D eigenvalue weighted by molar-refractivity contribution is 7.97. The van der Waals surface area contributed by atoms with Gasteiger partial charge in [0.15, 0.2) is 0 Å². The molecule has 5 amide bonds. The van der Waals surface area contributed by atoms with E-state index in [4.69, 9.17) is 0 Å². The highest BCUT2D eigenvalue weighted by Crippen LogP contribution is 2.34. The minimum absolute atomic E-state index is 0.0868. The zero-order chi connectivity index (χ0) is 31.9. The van der Waals surface area contributed by atoms with Crippen molar-refractivity contribution >= 4 is 41.5 Å².